The molecule has 0 saturated heterocycles. The number of methoxy groups -OCH3 is 1. The van der Waals surface area contributed by atoms with Crippen LogP contribution in [0.3, 0.4) is 0 Å². The lowest BCUT2D eigenvalue weighted by molar-refractivity contribution is 0.191. The molecule has 0 saturated carbocycles. The molecule has 1 aromatic heterocycles. The Hall–Kier alpha value is -3.59. The van der Waals surface area contributed by atoms with E-state index < -0.39 is 0 Å². The van der Waals surface area contributed by atoms with Gasteiger partial charge in [0, 0.05) is 17.7 Å². The smallest absolute Gasteiger partial charge is 0.272 e. The maximum atomic E-state index is 13.2. The van der Waals surface area contributed by atoms with Gasteiger partial charge in [0.1, 0.15) is 5.82 Å². The van der Waals surface area contributed by atoms with Crippen molar-refractivity contribution < 1.29 is 13.9 Å². The summed E-state index contributed by atoms with van der Waals surface area (Å²) in [6, 6.07) is 12.5. The number of ether oxygens (including phenoxy) is 2. The summed E-state index contributed by atoms with van der Waals surface area (Å²) in [6.45, 7) is 6.77. The maximum Gasteiger partial charge on any atom is 0.272 e. The molecular formula is C24H23FN2O3. The van der Waals surface area contributed by atoms with E-state index in [-0.39, 0.29) is 16.8 Å². The molecular weight excluding hydrogens is 383 g/mol. The molecule has 0 amide bonds. The SMILES string of the molecule is COc1cc(-n2ncc(C#Cc3cccc(F)c3)cc2=O)ccc1OCC(C)(C)C. The quantitative estimate of drug-likeness (QED) is 0.610. The summed E-state index contributed by atoms with van der Waals surface area (Å²) >= 11 is 0. The molecule has 5 nitrogen and oxygen atoms in total. The van der Waals surface area contributed by atoms with Crippen molar-refractivity contribution in [2.75, 3.05) is 13.7 Å². The van der Waals surface area contributed by atoms with E-state index in [1.165, 1.54) is 29.1 Å². The van der Waals surface area contributed by atoms with Crippen LogP contribution in [0.1, 0.15) is 31.9 Å². The van der Waals surface area contributed by atoms with E-state index in [9.17, 15) is 9.18 Å². The zero-order chi connectivity index (χ0) is 21.7. The van der Waals surface area contributed by atoms with Crippen molar-refractivity contribution in [2.24, 2.45) is 5.41 Å². The Kier molecular flexibility index (Phi) is 6.22. The third-order valence-electron chi connectivity index (χ3n) is 4.03. The summed E-state index contributed by atoms with van der Waals surface area (Å²) in [4.78, 5) is 12.5. The van der Waals surface area contributed by atoms with Gasteiger partial charge in [-0.2, -0.15) is 9.78 Å². The Labute approximate surface area is 175 Å². The highest BCUT2D eigenvalue weighted by molar-refractivity contribution is 5.49. The zero-order valence-corrected chi connectivity index (χ0v) is 17.4. The monoisotopic (exact) mass is 406 g/mol. The average molecular weight is 406 g/mol. The Bertz CT molecular complexity index is 1170. The first kappa shape index (κ1) is 21.1. The molecule has 0 atom stereocenters. The van der Waals surface area contributed by atoms with Gasteiger partial charge in [-0.1, -0.05) is 38.7 Å². The lowest BCUT2D eigenvalue weighted by Gasteiger charge is -2.20. The van der Waals surface area contributed by atoms with E-state index in [1.54, 1.807) is 37.4 Å². The minimum atomic E-state index is -0.362. The Morgan fingerprint density at radius 3 is 2.47 bits per heavy atom. The molecule has 0 aliphatic heterocycles. The third-order valence-corrected chi connectivity index (χ3v) is 4.03. The summed E-state index contributed by atoms with van der Waals surface area (Å²) < 4.78 is 25.7. The van der Waals surface area contributed by atoms with Crippen LogP contribution in [0.25, 0.3) is 5.69 Å². The maximum absolute atomic E-state index is 13.2. The minimum absolute atomic E-state index is 0.00453. The summed E-state index contributed by atoms with van der Waals surface area (Å²) in [5.41, 5.74) is 1.17. The van der Waals surface area contributed by atoms with Gasteiger partial charge in [0.05, 0.1) is 31.2 Å². The predicted octanol–water partition coefficient (Wildman–Crippen LogP) is 4.20. The first-order valence-corrected chi connectivity index (χ1v) is 9.43. The normalized spacial score (nSPS) is 10.8. The topological polar surface area (TPSA) is 53.4 Å². The van der Waals surface area contributed by atoms with Gasteiger partial charge in [0.15, 0.2) is 11.5 Å². The summed E-state index contributed by atoms with van der Waals surface area (Å²) in [6.07, 6.45) is 1.49. The second-order valence-electron chi connectivity index (χ2n) is 7.94. The molecule has 0 bridgehead atoms. The molecule has 3 aromatic rings. The van der Waals surface area contributed by atoms with Crippen LogP contribution < -0.4 is 15.0 Å². The summed E-state index contributed by atoms with van der Waals surface area (Å²) in [5, 5.41) is 4.20. The van der Waals surface area contributed by atoms with Gasteiger partial charge in [-0.25, -0.2) is 4.39 Å². The van der Waals surface area contributed by atoms with Crippen molar-refractivity contribution in [3.05, 3.63) is 82.0 Å². The standard InChI is InChI=1S/C24H23FN2O3/c1-24(2,3)16-30-21-11-10-20(14-22(21)29-4)27-23(28)13-18(15-26-27)9-8-17-6-5-7-19(25)12-17/h5-7,10-15H,16H2,1-4H3. The van der Waals surface area contributed by atoms with Crippen LogP contribution in [-0.4, -0.2) is 23.5 Å². The number of aromatic nitrogens is 2. The van der Waals surface area contributed by atoms with Gasteiger partial charge in [-0.15, -0.1) is 0 Å². The number of hydrogen-bond acceptors (Lipinski definition) is 4. The Morgan fingerprint density at radius 2 is 1.80 bits per heavy atom. The summed E-state index contributed by atoms with van der Waals surface area (Å²) in [5.74, 6) is 6.41. The first-order chi connectivity index (χ1) is 14.2. The van der Waals surface area contributed by atoms with Crippen molar-refractivity contribution in [3.63, 3.8) is 0 Å². The molecule has 6 heteroatoms. The molecule has 0 spiro atoms. The zero-order valence-electron chi connectivity index (χ0n) is 17.4. The first-order valence-electron chi connectivity index (χ1n) is 9.43. The van der Waals surface area contributed by atoms with Crippen molar-refractivity contribution in [2.45, 2.75) is 20.8 Å². The van der Waals surface area contributed by atoms with Crippen LogP contribution >= 0.6 is 0 Å². The summed E-state index contributed by atoms with van der Waals surface area (Å²) in [7, 11) is 1.55. The molecule has 0 unspecified atom stereocenters. The van der Waals surface area contributed by atoms with Crippen LogP contribution in [0, 0.1) is 23.1 Å². The number of halogens is 1. The molecule has 3 rings (SSSR count). The minimum Gasteiger partial charge on any atom is -0.493 e. The van der Waals surface area contributed by atoms with Crippen molar-refractivity contribution in [1.29, 1.82) is 0 Å². The van der Waals surface area contributed by atoms with Crippen LogP contribution in [0.2, 0.25) is 0 Å². The molecule has 0 radical (unpaired) electrons. The van der Waals surface area contributed by atoms with E-state index in [4.69, 9.17) is 9.47 Å². The molecule has 0 fully saturated rings. The van der Waals surface area contributed by atoms with Crippen LogP contribution in [0.5, 0.6) is 11.5 Å². The van der Waals surface area contributed by atoms with Crippen LogP contribution in [-0.2, 0) is 0 Å². The molecule has 30 heavy (non-hydrogen) atoms. The number of rotatable bonds is 4. The molecule has 1 heterocycles. The highest BCUT2D eigenvalue weighted by Gasteiger charge is 2.14. The van der Waals surface area contributed by atoms with Crippen molar-refractivity contribution in [1.82, 2.24) is 9.78 Å². The Morgan fingerprint density at radius 1 is 1.03 bits per heavy atom. The van der Waals surface area contributed by atoms with E-state index in [2.05, 4.69) is 37.7 Å². The molecule has 0 aliphatic carbocycles. The lowest BCUT2D eigenvalue weighted by atomic mass is 9.99. The largest absolute Gasteiger partial charge is 0.493 e. The second kappa shape index (κ2) is 8.83. The third kappa shape index (κ3) is 5.48. The average Bonchev–Trinajstić information content (AvgIpc) is 2.70. The Balaban J connectivity index is 1.85. The van der Waals surface area contributed by atoms with Crippen LogP contribution in [0.15, 0.2) is 59.5 Å². The second-order valence-corrected chi connectivity index (χ2v) is 7.94. The number of nitrogens with zero attached hydrogens (tertiary/aromatic N) is 2. The van der Waals surface area contributed by atoms with Gasteiger partial charge in [-0.05, 0) is 35.7 Å². The fourth-order valence-corrected chi connectivity index (χ4v) is 2.58. The lowest BCUT2D eigenvalue weighted by Crippen LogP contribution is -2.20. The molecule has 0 N–H and O–H groups in total. The van der Waals surface area contributed by atoms with E-state index in [1.807, 2.05) is 0 Å². The highest BCUT2D eigenvalue weighted by atomic mass is 19.1. The number of benzene rings is 2. The fraction of sp³-hybridized carbons (Fsp3) is 0.250. The van der Waals surface area contributed by atoms with Gasteiger partial charge in [0.25, 0.3) is 5.56 Å². The van der Waals surface area contributed by atoms with E-state index in [0.29, 0.717) is 34.9 Å². The fourth-order valence-electron chi connectivity index (χ4n) is 2.58. The van der Waals surface area contributed by atoms with Gasteiger partial charge < -0.3 is 9.47 Å². The van der Waals surface area contributed by atoms with Crippen LogP contribution in [0.4, 0.5) is 4.39 Å². The van der Waals surface area contributed by atoms with Gasteiger partial charge in [0.2, 0.25) is 0 Å². The van der Waals surface area contributed by atoms with Crippen molar-refractivity contribution >= 4 is 0 Å². The highest BCUT2D eigenvalue weighted by Crippen LogP contribution is 2.30. The molecule has 2 aromatic carbocycles. The van der Waals surface area contributed by atoms with E-state index in [0.717, 1.165) is 0 Å². The predicted molar refractivity (Wildman–Crippen MR) is 114 cm³/mol. The number of hydrogen-bond donors (Lipinski definition) is 0. The van der Waals surface area contributed by atoms with Crippen molar-refractivity contribution in [3.8, 4) is 29.0 Å². The molecule has 0 aliphatic rings. The van der Waals surface area contributed by atoms with E-state index >= 15 is 0 Å². The molecule has 154 valence electrons. The van der Waals surface area contributed by atoms with Gasteiger partial charge >= 0.3 is 0 Å². The van der Waals surface area contributed by atoms with Gasteiger partial charge in [-0.3, -0.25) is 4.79 Å².